The van der Waals surface area contributed by atoms with Crippen molar-refractivity contribution in [1.29, 1.82) is 0 Å². The van der Waals surface area contributed by atoms with E-state index in [2.05, 4.69) is 11.9 Å². The van der Waals surface area contributed by atoms with Crippen molar-refractivity contribution < 1.29 is 13.3 Å². The van der Waals surface area contributed by atoms with E-state index < -0.39 is 27.6 Å². The molecule has 8 heteroatoms. The number of nitrogens with zero attached hydrogens (tertiary/aromatic N) is 2. The molecule has 1 N–H and O–H groups in total. The first-order valence-corrected chi connectivity index (χ1v) is 11.6. The van der Waals surface area contributed by atoms with Crippen LogP contribution in [0.15, 0.2) is 90.3 Å². The van der Waals surface area contributed by atoms with Crippen LogP contribution in [-0.4, -0.2) is 19.5 Å². The number of fused-ring (bicyclic) bond motifs is 4. The SMILES string of the molecule is C=C[C@@H]1c2ccccc2N[C@@H]2N(S(=O)(=O)c3ccc(C)cc3)c3ccccc3[C@]12[N+](=O)[O-]. The van der Waals surface area contributed by atoms with Crippen LogP contribution in [0.2, 0.25) is 0 Å². The number of sulfonamides is 1. The first-order chi connectivity index (χ1) is 15.3. The maximum Gasteiger partial charge on any atom is 0.298 e. The lowest BCUT2D eigenvalue weighted by molar-refractivity contribution is -0.583. The number of nitrogens with one attached hydrogen (secondary N) is 1. The van der Waals surface area contributed by atoms with Gasteiger partial charge in [0.1, 0.15) is 0 Å². The van der Waals surface area contributed by atoms with E-state index >= 15 is 0 Å². The highest BCUT2D eigenvalue weighted by Crippen LogP contribution is 2.58. The molecule has 0 bridgehead atoms. The highest BCUT2D eigenvalue weighted by molar-refractivity contribution is 7.93. The molecule has 2 heterocycles. The number of rotatable bonds is 4. The van der Waals surface area contributed by atoms with Crippen LogP contribution in [0.1, 0.15) is 22.6 Å². The summed E-state index contributed by atoms with van der Waals surface area (Å²) in [5, 5.41) is 16.0. The molecule has 5 rings (SSSR count). The molecule has 0 radical (unpaired) electrons. The molecule has 0 spiro atoms. The molecule has 0 saturated heterocycles. The van der Waals surface area contributed by atoms with Gasteiger partial charge in [0, 0.05) is 10.6 Å². The normalized spacial score (nSPS) is 23.5. The smallest absolute Gasteiger partial charge is 0.298 e. The lowest BCUT2D eigenvalue weighted by atomic mass is 9.71. The summed E-state index contributed by atoms with van der Waals surface area (Å²) in [4.78, 5) is 12.6. The average molecular weight is 448 g/mol. The van der Waals surface area contributed by atoms with E-state index in [1.165, 1.54) is 16.4 Å². The number of hydrogen-bond donors (Lipinski definition) is 1. The predicted molar refractivity (Wildman–Crippen MR) is 123 cm³/mol. The molecule has 0 fully saturated rings. The molecule has 7 nitrogen and oxygen atoms in total. The molecule has 3 atom stereocenters. The summed E-state index contributed by atoms with van der Waals surface area (Å²) in [7, 11) is -4.11. The second kappa shape index (κ2) is 6.93. The van der Waals surface area contributed by atoms with E-state index in [1.807, 2.05) is 25.1 Å². The quantitative estimate of drug-likeness (QED) is 0.364. The fourth-order valence-corrected chi connectivity index (χ4v) is 6.59. The first kappa shape index (κ1) is 20.3. The van der Waals surface area contributed by atoms with Gasteiger partial charge in [-0.2, -0.15) is 0 Å². The second-order valence-electron chi connectivity index (χ2n) is 8.06. The number of benzene rings is 3. The molecule has 3 aromatic rings. The molecule has 2 aliphatic rings. The zero-order chi connectivity index (χ0) is 22.7. The molecular formula is C24H21N3O4S. The van der Waals surface area contributed by atoms with Crippen molar-refractivity contribution in [2.45, 2.75) is 29.4 Å². The maximum absolute atomic E-state index is 13.9. The van der Waals surface area contributed by atoms with Crippen LogP contribution in [0, 0.1) is 17.0 Å². The number of nitro groups is 1. The summed E-state index contributed by atoms with van der Waals surface area (Å²) in [6.07, 6.45) is 0.382. The van der Waals surface area contributed by atoms with Crippen LogP contribution in [0.4, 0.5) is 11.4 Å². The topological polar surface area (TPSA) is 92.6 Å². The van der Waals surface area contributed by atoms with Crippen molar-refractivity contribution in [3.8, 4) is 0 Å². The van der Waals surface area contributed by atoms with Crippen LogP contribution in [0.5, 0.6) is 0 Å². The van der Waals surface area contributed by atoms with E-state index in [0.717, 1.165) is 5.56 Å². The summed E-state index contributed by atoms with van der Waals surface area (Å²) >= 11 is 0. The molecule has 0 aliphatic carbocycles. The van der Waals surface area contributed by atoms with Gasteiger partial charge in [-0.25, -0.2) is 12.7 Å². The lowest BCUT2D eigenvalue weighted by Gasteiger charge is -2.41. The zero-order valence-electron chi connectivity index (χ0n) is 17.3. The standard InChI is InChI=1S/C24H21N3O4S/c1-3-19-18-8-4-6-10-21(18)25-23-24(19,27(28)29)20-9-5-7-11-22(20)26(23)32(30,31)17-14-12-16(2)13-15-17/h3-15,19,23,25H,1H2,2H3/t19-,23-,24-/m1/s1. The van der Waals surface area contributed by atoms with Gasteiger partial charge in [0.2, 0.25) is 0 Å². The Balaban J connectivity index is 1.83. The van der Waals surface area contributed by atoms with Crippen LogP contribution in [-0.2, 0) is 15.6 Å². The van der Waals surface area contributed by atoms with E-state index in [0.29, 0.717) is 22.5 Å². The number of aryl methyl sites for hydroxylation is 1. The molecule has 0 aromatic heterocycles. The third-order valence-corrected chi connectivity index (χ3v) is 8.20. The van der Waals surface area contributed by atoms with Crippen molar-refractivity contribution in [3.05, 3.63) is 112 Å². The molecular weight excluding hydrogens is 426 g/mol. The third kappa shape index (κ3) is 2.50. The van der Waals surface area contributed by atoms with Crippen LogP contribution in [0.3, 0.4) is 0 Å². The van der Waals surface area contributed by atoms with Gasteiger partial charge in [-0.3, -0.25) is 10.1 Å². The fraction of sp³-hybridized carbons (Fsp3) is 0.167. The highest BCUT2D eigenvalue weighted by atomic mass is 32.2. The van der Waals surface area contributed by atoms with Crippen LogP contribution in [0.25, 0.3) is 0 Å². The Bertz CT molecular complexity index is 1350. The second-order valence-corrected chi connectivity index (χ2v) is 9.88. The monoisotopic (exact) mass is 447 g/mol. The summed E-state index contributed by atoms with van der Waals surface area (Å²) in [6, 6.07) is 20.4. The number of para-hydroxylation sites is 2. The average Bonchev–Trinajstić information content (AvgIpc) is 3.09. The van der Waals surface area contributed by atoms with E-state index in [1.54, 1.807) is 48.5 Å². The van der Waals surface area contributed by atoms with Gasteiger partial charge in [0.25, 0.3) is 15.6 Å². The van der Waals surface area contributed by atoms with E-state index in [4.69, 9.17) is 0 Å². The molecule has 0 unspecified atom stereocenters. The lowest BCUT2D eigenvalue weighted by Crippen LogP contribution is -2.60. The maximum atomic E-state index is 13.9. The largest absolute Gasteiger partial charge is 0.358 e. The highest BCUT2D eigenvalue weighted by Gasteiger charge is 2.69. The molecule has 0 amide bonds. The van der Waals surface area contributed by atoms with Crippen LogP contribution >= 0.6 is 0 Å². The Morgan fingerprint density at radius 1 is 1.06 bits per heavy atom. The summed E-state index contributed by atoms with van der Waals surface area (Å²) < 4.78 is 28.9. The van der Waals surface area contributed by atoms with Gasteiger partial charge in [0.05, 0.1) is 22.1 Å². The molecule has 2 aliphatic heterocycles. The Kier molecular flexibility index (Phi) is 4.39. The van der Waals surface area contributed by atoms with E-state index in [9.17, 15) is 18.5 Å². The van der Waals surface area contributed by atoms with Crippen molar-refractivity contribution in [3.63, 3.8) is 0 Å². The van der Waals surface area contributed by atoms with Gasteiger partial charge >= 0.3 is 0 Å². The van der Waals surface area contributed by atoms with Gasteiger partial charge in [-0.15, -0.1) is 6.58 Å². The van der Waals surface area contributed by atoms with Crippen molar-refractivity contribution in [1.82, 2.24) is 0 Å². The number of anilines is 2. The first-order valence-electron chi connectivity index (χ1n) is 10.2. The van der Waals surface area contributed by atoms with Crippen molar-refractivity contribution >= 4 is 21.4 Å². The predicted octanol–water partition coefficient (Wildman–Crippen LogP) is 4.40. The Morgan fingerprint density at radius 3 is 2.41 bits per heavy atom. The zero-order valence-corrected chi connectivity index (χ0v) is 18.1. The molecule has 32 heavy (non-hydrogen) atoms. The molecule has 3 aromatic carbocycles. The minimum Gasteiger partial charge on any atom is -0.358 e. The van der Waals surface area contributed by atoms with Gasteiger partial charge in [-0.1, -0.05) is 54.1 Å². The summed E-state index contributed by atoms with van der Waals surface area (Å²) in [6.45, 7) is 5.77. The van der Waals surface area contributed by atoms with E-state index in [-0.39, 0.29) is 9.82 Å². The van der Waals surface area contributed by atoms with Crippen molar-refractivity contribution in [2.24, 2.45) is 0 Å². The van der Waals surface area contributed by atoms with Crippen molar-refractivity contribution in [2.75, 3.05) is 9.62 Å². The molecule has 0 saturated carbocycles. The Morgan fingerprint density at radius 2 is 1.72 bits per heavy atom. The van der Waals surface area contributed by atoms with Gasteiger partial charge in [-0.05, 0) is 42.8 Å². The van der Waals surface area contributed by atoms with Gasteiger partial charge in [0.15, 0.2) is 6.17 Å². The van der Waals surface area contributed by atoms with Gasteiger partial charge < -0.3 is 5.32 Å². The minimum absolute atomic E-state index is 0.0767. The summed E-state index contributed by atoms with van der Waals surface area (Å²) in [5.74, 6) is -0.737. The Labute approximate surface area is 186 Å². The Hall–Kier alpha value is -3.65. The molecule has 162 valence electrons. The fourth-order valence-electron chi connectivity index (χ4n) is 4.97. The minimum atomic E-state index is -4.11. The summed E-state index contributed by atoms with van der Waals surface area (Å²) in [5.41, 5.74) is 1.14. The third-order valence-electron chi connectivity index (χ3n) is 6.40. The van der Waals surface area contributed by atoms with Crippen LogP contribution < -0.4 is 9.62 Å². The number of hydrogen-bond acceptors (Lipinski definition) is 5.